The van der Waals surface area contributed by atoms with E-state index in [0.717, 1.165) is 22.2 Å². The van der Waals surface area contributed by atoms with Crippen LogP contribution in [0.1, 0.15) is 22.8 Å². The summed E-state index contributed by atoms with van der Waals surface area (Å²) in [5.41, 5.74) is 9.11. The molecule has 6 heteroatoms. The lowest BCUT2D eigenvalue weighted by molar-refractivity contribution is 0.101. The second-order valence-electron chi connectivity index (χ2n) is 5.62. The number of hydrogen-bond acceptors (Lipinski definition) is 2. The van der Waals surface area contributed by atoms with Gasteiger partial charge in [0.1, 0.15) is 0 Å². The quantitative estimate of drug-likeness (QED) is 0.697. The van der Waals surface area contributed by atoms with Gasteiger partial charge in [-0.3, -0.25) is 4.79 Å². The molecule has 1 heterocycles. The van der Waals surface area contributed by atoms with Crippen molar-refractivity contribution < 1.29 is 9.59 Å². The number of hydrogen-bond donors (Lipinski definition) is 2. The number of nitrogens with one attached hydrogen (secondary N) is 1. The summed E-state index contributed by atoms with van der Waals surface area (Å²) in [6, 6.07) is 10.3. The zero-order valence-electron chi connectivity index (χ0n) is 13.3. The highest BCUT2D eigenvalue weighted by Gasteiger charge is 2.15. The Morgan fingerprint density at radius 2 is 1.92 bits per heavy atom. The summed E-state index contributed by atoms with van der Waals surface area (Å²) >= 11 is 6.08. The van der Waals surface area contributed by atoms with E-state index in [0.29, 0.717) is 16.3 Å². The number of urea groups is 1. The summed E-state index contributed by atoms with van der Waals surface area (Å²) in [5.74, 6) is -0.0225. The molecule has 0 aliphatic carbocycles. The summed E-state index contributed by atoms with van der Waals surface area (Å²) in [6.07, 6.45) is 1.81. The van der Waals surface area contributed by atoms with E-state index in [-0.39, 0.29) is 5.78 Å². The normalized spacial score (nSPS) is 10.8. The van der Waals surface area contributed by atoms with Gasteiger partial charge >= 0.3 is 6.03 Å². The number of halogens is 1. The molecule has 3 aromatic rings. The lowest BCUT2D eigenvalue weighted by Gasteiger charge is -2.11. The number of fused-ring (bicyclic) bond motifs is 1. The van der Waals surface area contributed by atoms with Crippen molar-refractivity contribution in [3.05, 3.63) is 58.7 Å². The molecule has 0 fully saturated rings. The molecule has 0 atom stereocenters. The average molecular weight is 342 g/mol. The van der Waals surface area contributed by atoms with E-state index in [2.05, 4.69) is 5.32 Å². The maximum atomic E-state index is 12.0. The number of benzene rings is 2. The molecule has 0 aliphatic rings. The molecule has 2 amide bonds. The molecule has 0 saturated carbocycles. The van der Waals surface area contributed by atoms with Gasteiger partial charge in [0.2, 0.25) is 0 Å². The minimum atomic E-state index is -0.609. The van der Waals surface area contributed by atoms with E-state index in [1.165, 1.54) is 6.92 Å². The first-order valence-electron chi connectivity index (χ1n) is 7.36. The summed E-state index contributed by atoms with van der Waals surface area (Å²) in [4.78, 5) is 22.9. The van der Waals surface area contributed by atoms with Crippen LogP contribution < -0.4 is 11.1 Å². The molecule has 122 valence electrons. The van der Waals surface area contributed by atoms with Crippen LogP contribution in [0.2, 0.25) is 5.02 Å². The zero-order chi connectivity index (χ0) is 17.4. The number of nitrogens with zero attached hydrogens (tertiary/aromatic N) is 1. The van der Waals surface area contributed by atoms with E-state index in [4.69, 9.17) is 17.3 Å². The third kappa shape index (κ3) is 2.86. The molecule has 0 radical (unpaired) electrons. The molecule has 2 aromatic carbocycles. The minimum Gasteiger partial charge on any atom is -0.351 e. The van der Waals surface area contributed by atoms with Gasteiger partial charge in [0, 0.05) is 33.5 Å². The van der Waals surface area contributed by atoms with Crippen LogP contribution in [-0.2, 0) is 0 Å². The Labute approximate surface area is 144 Å². The van der Waals surface area contributed by atoms with Gasteiger partial charge in [-0.05, 0) is 55.8 Å². The van der Waals surface area contributed by atoms with Crippen molar-refractivity contribution in [2.24, 2.45) is 5.73 Å². The number of carbonyl (C=O) groups is 2. The predicted molar refractivity (Wildman–Crippen MR) is 96.2 cm³/mol. The number of anilines is 1. The molecular formula is C18H16ClN3O2. The Kier molecular flexibility index (Phi) is 4.03. The number of rotatable bonds is 3. The van der Waals surface area contributed by atoms with Crippen LogP contribution in [0.15, 0.2) is 42.6 Å². The molecule has 0 saturated heterocycles. The standard InChI is InChI=1S/C18H16ClN3O2/c1-10-7-13(21-18(20)24)4-6-16(10)22-9-15(11(2)23)14-8-12(19)3-5-17(14)22/h3-9H,1-2H3,(H3,20,21,24). The van der Waals surface area contributed by atoms with Crippen molar-refractivity contribution in [3.63, 3.8) is 0 Å². The van der Waals surface area contributed by atoms with Gasteiger partial charge in [0.25, 0.3) is 0 Å². The molecule has 0 bridgehead atoms. The number of ketones is 1. The van der Waals surface area contributed by atoms with Gasteiger partial charge in [-0.25, -0.2) is 4.79 Å². The number of primary amides is 1. The van der Waals surface area contributed by atoms with Gasteiger partial charge < -0.3 is 15.6 Å². The SMILES string of the molecule is CC(=O)c1cn(-c2ccc(NC(N)=O)cc2C)c2ccc(Cl)cc12. The number of aromatic nitrogens is 1. The molecule has 0 aliphatic heterocycles. The van der Waals surface area contributed by atoms with Gasteiger partial charge in [-0.2, -0.15) is 0 Å². The van der Waals surface area contributed by atoms with Gasteiger partial charge in [-0.1, -0.05) is 11.6 Å². The molecule has 3 N–H and O–H groups in total. The number of nitrogens with two attached hydrogens (primary N) is 1. The van der Waals surface area contributed by atoms with Gasteiger partial charge in [0.05, 0.1) is 5.52 Å². The average Bonchev–Trinajstić information content (AvgIpc) is 2.85. The first-order valence-corrected chi connectivity index (χ1v) is 7.73. The third-order valence-corrected chi connectivity index (χ3v) is 4.10. The Morgan fingerprint density at radius 3 is 2.54 bits per heavy atom. The fourth-order valence-electron chi connectivity index (χ4n) is 2.83. The van der Waals surface area contributed by atoms with Crippen molar-refractivity contribution in [2.45, 2.75) is 13.8 Å². The van der Waals surface area contributed by atoms with Crippen LogP contribution in [0.3, 0.4) is 0 Å². The molecular weight excluding hydrogens is 326 g/mol. The molecule has 3 rings (SSSR count). The Morgan fingerprint density at radius 1 is 1.17 bits per heavy atom. The van der Waals surface area contributed by atoms with Crippen molar-refractivity contribution in [3.8, 4) is 5.69 Å². The van der Waals surface area contributed by atoms with Crippen LogP contribution in [0.5, 0.6) is 0 Å². The van der Waals surface area contributed by atoms with Crippen LogP contribution in [-0.4, -0.2) is 16.4 Å². The van der Waals surface area contributed by atoms with Crippen molar-refractivity contribution >= 4 is 40.0 Å². The van der Waals surface area contributed by atoms with Gasteiger partial charge in [-0.15, -0.1) is 0 Å². The summed E-state index contributed by atoms with van der Waals surface area (Å²) in [6.45, 7) is 3.46. The van der Waals surface area contributed by atoms with Crippen LogP contribution in [0.25, 0.3) is 16.6 Å². The highest BCUT2D eigenvalue weighted by molar-refractivity contribution is 6.31. The Balaban J connectivity index is 2.19. The fourth-order valence-corrected chi connectivity index (χ4v) is 3.00. The number of aryl methyl sites for hydroxylation is 1. The maximum Gasteiger partial charge on any atom is 0.316 e. The molecule has 24 heavy (non-hydrogen) atoms. The number of amides is 2. The lowest BCUT2D eigenvalue weighted by Crippen LogP contribution is -2.19. The van der Waals surface area contributed by atoms with E-state index < -0.39 is 6.03 Å². The molecule has 0 spiro atoms. The third-order valence-electron chi connectivity index (χ3n) is 3.87. The van der Waals surface area contributed by atoms with Crippen LogP contribution in [0.4, 0.5) is 10.5 Å². The monoisotopic (exact) mass is 341 g/mol. The van der Waals surface area contributed by atoms with Crippen molar-refractivity contribution in [1.82, 2.24) is 4.57 Å². The second-order valence-corrected chi connectivity index (χ2v) is 6.06. The lowest BCUT2D eigenvalue weighted by atomic mass is 10.1. The van der Waals surface area contributed by atoms with E-state index in [1.54, 1.807) is 18.2 Å². The highest BCUT2D eigenvalue weighted by atomic mass is 35.5. The van der Waals surface area contributed by atoms with E-state index >= 15 is 0 Å². The number of Topliss-reactive ketones (excluding diaryl/α,β-unsaturated/α-hetero) is 1. The van der Waals surface area contributed by atoms with Crippen LogP contribution >= 0.6 is 11.6 Å². The van der Waals surface area contributed by atoms with Crippen molar-refractivity contribution in [2.75, 3.05) is 5.32 Å². The second kappa shape index (κ2) is 6.02. The Hall–Kier alpha value is -2.79. The number of carbonyl (C=O) groups excluding carboxylic acids is 2. The summed E-state index contributed by atoms with van der Waals surface area (Å²) < 4.78 is 1.95. The van der Waals surface area contributed by atoms with Gasteiger partial charge in [0.15, 0.2) is 5.78 Å². The molecule has 0 unspecified atom stereocenters. The largest absolute Gasteiger partial charge is 0.351 e. The Bertz CT molecular complexity index is 976. The smallest absolute Gasteiger partial charge is 0.316 e. The van der Waals surface area contributed by atoms with E-state index in [9.17, 15) is 9.59 Å². The molecule has 1 aromatic heterocycles. The fraction of sp³-hybridized carbons (Fsp3) is 0.111. The van der Waals surface area contributed by atoms with E-state index in [1.807, 2.05) is 35.9 Å². The summed E-state index contributed by atoms with van der Waals surface area (Å²) in [5, 5.41) is 3.95. The zero-order valence-corrected chi connectivity index (χ0v) is 14.0. The first kappa shape index (κ1) is 16.1. The summed E-state index contributed by atoms with van der Waals surface area (Å²) in [7, 11) is 0. The first-order chi connectivity index (χ1) is 11.4. The van der Waals surface area contributed by atoms with Crippen molar-refractivity contribution in [1.29, 1.82) is 0 Å². The highest BCUT2D eigenvalue weighted by Crippen LogP contribution is 2.30. The van der Waals surface area contributed by atoms with Crippen LogP contribution in [0, 0.1) is 6.92 Å². The maximum absolute atomic E-state index is 12.0. The molecule has 5 nitrogen and oxygen atoms in total. The predicted octanol–water partition coefficient (Wildman–Crippen LogP) is 4.29. The topological polar surface area (TPSA) is 77.1 Å². The minimum absolute atomic E-state index is 0.0225.